The molecule has 0 aromatic heterocycles. The predicted molar refractivity (Wildman–Crippen MR) is 94.5 cm³/mol. The fourth-order valence-corrected chi connectivity index (χ4v) is 3.43. The Morgan fingerprint density at radius 2 is 2.00 bits per heavy atom. The summed E-state index contributed by atoms with van der Waals surface area (Å²) in [6.07, 6.45) is 0. The van der Waals surface area contributed by atoms with E-state index in [1.54, 1.807) is 0 Å². The highest BCUT2D eigenvalue weighted by Gasteiger charge is 2.35. The van der Waals surface area contributed by atoms with Gasteiger partial charge in [-0.05, 0) is 40.3 Å². The third-order valence-electron chi connectivity index (χ3n) is 3.83. The normalized spacial score (nSPS) is 18.4. The van der Waals surface area contributed by atoms with Gasteiger partial charge in [0.25, 0.3) is 0 Å². The van der Waals surface area contributed by atoms with Gasteiger partial charge in [-0.1, -0.05) is 26.0 Å². The van der Waals surface area contributed by atoms with Gasteiger partial charge in [0.1, 0.15) is 0 Å². The van der Waals surface area contributed by atoms with Gasteiger partial charge in [-0.25, -0.2) is 0 Å². The second kappa shape index (κ2) is 7.94. The van der Waals surface area contributed by atoms with Crippen LogP contribution in [0.3, 0.4) is 0 Å². The molecular weight excluding hydrogens is 387 g/mol. The second-order valence-corrected chi connectivity index (χ2v) is 7.14. The zero-order valence-electron chi connectivity index (χ0n) is 12.1. The second-order valence-electron chi connectivity index (χ2n) is 5.89. The van der Waals surface area contributed by atoms with Crippen molar-refractivity contribution in [3.63, 3.8) is 0 Å². The average molecular weight is 411 g/mol. The number of benzene rings is 1. The van der Waals surface area contributed by atoms with Crippen LogP contribution in [0.15, 0.2) is 24.3 Å². The molecule has 1 fully saturated rings. The third-order valence-corrected chi connectivity index (χ3v) is 4.50. The molecule has 3 nitrogen and oxygen atoms in total. The molecule has 5 heteroatoms. The van der Waals surface area contributed by atoms with Crippen LogP contribution in [0.25, 0.3) is 0 Å². The largest absolute Gasteiger partial charge is 0.396 e. The molecule has 0 amide bonds. The van der Waals surface area contributed by atoms with E-state index in [4.69, 9.17) is 0 Å². The average Bonchev–Trinajstić information content (AvgIpc) is 2.40. The van der Waals surface area contributed by atoms with E-state index in [2.05, 4.69) is 70.9 Å². The summed E-state index contributed by atoms with van der Waals surface area (Å²) >= 11 is 2.36. The Labute approximate surface area is 141 Å². The zero-order chi connectivity index (χ0) is 13.9. The van der Waals surface area contributed by atoms with Crippen LogP contribution in [0.5, 0.6) is 0 Å². The van der Waals surface area contributed by atoms with Crippen molar-refractivity contribution in [3.8, 4) is 0 Å². The van der Waals surface area contributed by atoms with Crippen molar-refractivity contribution >= 4 is 35.0 Å². The summed E-state index contributed by atoms with van der Waals surface area (Å²) in [6.45, 7) is 8.65. The first-order valence-corrected chi connectivity index (χ1v) is 7.93. The molecule has 0 saturated carbocycles. The molecule has 0 unspecified atom stereocenters. The highest BCUT2D eigenvalue weighted by molar-refractivity contribution is 14.1. The van der Waals surface area contributed by atoms with Gasteiger partial charge in [-0.15, -0.1) is 12.4 Å². The van der Waals surface area contributed by atoms with Crippen LogP contribution in [0.1, 0.15) is 25.5 Å². The Morgan fingerprint density at radius 3 is 2.55 bits per heavy atom. The van der Waals surface area contributed by atoms with Crippen molar-refractivity contribution in [3.05, 3.63) is 33.4 Å². The van der Waals surface area contributed by atoms with Crippen LogP contribution in [0, 0.1) is 8.99 Å². The van der Waals surface area contributed by atoms with E-state index >= 15 is 0 Å². The molecule has 1 aromatic carbocycles. The molecule has 1 aliphatic rings. The maximum Gasteiger partial charge on any atom is 0.0500 e. The van der Waals surface area contributed by atoms with Gasteiger partial charge in [0.2, 0.25) is 0 Å². The van der Waals surface area contributed by atoms with E-state index in [1.165, 1.54) is 9.13 Å². The van der Waals surface area contributed by atoms with Crippen LogP contribution >= 0.6 is 35.0 Å². The minimum Gasteiger partial charge on any atom is -0.396 e. The Hall–Kier alpha value is 0.120. The number of piperazine rings is 1. The molecule has 0 aliphatic carbocycles. The summed E-state index contributed by atoms with van der Waals surface area (Å²) < 4.78 is 1.25. The van der Waals surface area contributed by atoms with Gasteiger partial charge in [0.15, 0.2) is 0 Å². The van der Waals surface area contributed by atoms with Gasteiger partial charge in [-0.2, -0.15) is 0 Å². The minimum atomic E-state index is -0.137. The number of rotatable bonds is 4. The number of hydrogen-bond acceptors (Lipinski definition) is 3. The lowest BCUT2D eigenvalue weighted by atomic mass is 9.80. The monoisotopic (exact) mass is 410 g/mol. The number of nitrogens with one attached hydrogen (secondary N) is 1. The van der Waals surface area contributed by atoms with Gasteiger partial charge < -0.3 is 10.4 Å². The third kappa shape index (κ3) is 4.31. The standard InChI is InChI=1S/C15H23IN2O.ClH/c1-15(2,11-19)14(18-8-6-17-7-9-18)12-4-3-5-13(16)10-12;/h3-5,10,14,17,19H,6-9,11H2,1-2H3;1H/t14-;/m0./s1. The lowest BCUT2D eigenvalue weighted by molar-refractivity contribution is 0.0305. The van der Waals surface area contributed by atoms with Gasteiger partial charge in [0, 0.05) is 47.8 Å². The van der Waals surface area contributed by atoms with Crippen molar-refractivity contribution in [2.24, 2.45) is 5.41 Å². The maximum absolute atomic E-state index is 9.78. The topological polar surface area (TPSA) is 35.5 Å². The molecule has 2 rings (SSSR count). The number of halogens is 2. The van der Waals surface area contributed by atoms with Crippen molar-refractivity contribution in [1.29, 1.82) is 0 Å². The summed E-state index contributed by atoms with van der Waals surface area (Å²) in [6, 6.07) is 8.93. The molecule has 2 N–H and O–H groups in total. The van der Waals surface area contributed by atoms with E-state index in [9.17, 15) is 5.11 Å². The number of aliphatic hydroxyl groups excluding tert-OH is 1. The lowest BCUT2D eigenvalue weighted by Gasteiger charge is -2.43. The Bertz CT molecular complexity index is 422. The van der Waals surface area contributed by atoms with Crippen molar-refractivity contribution in [2.75, 3.05) is 32.8 Å². The van der Waals surface area contributed by atoms with Gasteiger partial charge in [-0.3, -0.25) is 4.90 Å². The first-order valence-electron chi connectivity index (χ1n) is 6.86. The number of nitrogens with zero attached hydrogens (tertiary/aromatic N) is 1. The highest BCUT2D eigenvalue weighted by Crippen LogP contribution is 2.38. The van der Waals surface area contributed by atoms with Crippen LogP contribution in [-0.2, 0) is 0 Å². The predicted octanol–water partition coefficient (Wildman–Crippen LogP) is 2.68. The molecule has 1 heterocycles. The van der Waals surface area contributed by atoms with E-state index in [-0.39, 0.29) is 30.5 Å². The SMILES string of the molecule is CC(C)(CO)[C@H](c1cccc(I)c1)N1CCNCC1.Cl. The van der Waals surface area contributed by atoms with E-state index in [0.717, 1.165) is 26.2 Å². The maximum atomic E-state index is 9.78. The fraction of sp³-hybridized carbons (Fsp3) is 0.600. The summed E-state index contributed by atoms with van der Waals surface area (Å²) in [5.41, 5.74) is 1.18. The first-order chi connectivity index (χ1) is 9.04. The molecule has 0 radical (unpaired) electrons. The van der Waals surface area contributed by atoms with E-state index in [0.29, 0.717) is 0 Å². The van der Waals surface area contributed by atoms with Crippen molar-refractivity contribution in [2.45, 2.75) is 19.9 Å². The summed E-state index contributed by atoms with van der Waals surface area (Å²) in [4.78, 5) is 2.50. The number of hydrogen-bond donors (Lipinski definition) is 2. The van der Waals surface area contributed by atoms with Crippen molar-refractivity contribution in [1.82, 2.24) is 10.2 Å². The quantitative estimate of drug-likeness (QED) is 0.749. The zero-order valence-corrected chi connectivity index (χ0v) is 15.1. The minimum absolute atomic E-state index is 0. The Kier molecular flexibility index (Phi) is 7.21. The molecule has 114 valence electrons. The summed E-state index contributed by atoms with van der Waals surface area (Å²) in [7, 11) is 0. The van der Waals surface area contributed by atoms with Crippen LogP contribution in [0.4, 0.5) is 0 Å². The van der Waals surface area contributed by atoms with Crippen molar-refractivity contribution < 1.29 is 5.11 Å². The molecule has 1 saturated heterocycles. The van der Waals surface area contributed by atoms with Gasteiger partial charge in [0.05, 0.1) is 0 Å². The Balaban J connectivity index is 0.00000200. The molecule has 0 spiro atoms. The van der Waals surface area contributed by atoms with E-state index < -0.39 is 0 Å². The summed E-state index contributed by atoms with van der Waals surface area (Å²) in [5, 5.41) is 13.2. The molecular formula is C15H24ClIN2O. The molecule has 1 aliphatic heterocycles. The van der Waals surface area contributed by atoms with Crippen LogP contribution in [0.2, 0.25) is 0 Å². The molecule has 0 bridgehead atoms. The molecule has 1 atom stereocenters. The lowest BCUT2D eigenvalue weighted by Crippen LogP contribution is -2.49. The van der Waals surface area contributed by atoms with Crippen LogP contribution < -0.4 is 5.32 Å². The first kappa shape index (κ1) is 18.2. The van der Waals surface area contributed by atoms with Gasteiger partial charge >= 0.3 is 0 Å². The molecule has 20 heavy (non-hydrogen) atoms. The highest BCUT2D eigenvalue weighted by atomic mass is 127. The van der Waals surface area contributed by atoms with E-state index in [1.807, 2.05) is 0 Å². The Morgan fingerprint density at radius 1 is 1.35 bits per heavy atom. The number of aliphatic hydroxyl groups is 1. The fourth-order valence-electron chi connectivity index (χ4n) is 2.86. The molecule has 1 aromatic rings. The smallest absolute Gasteiger partial charge is 0.0500 e. The van der Waals surface area contributed by atoms with Crippen LogP contribution in [-0.4, -0.2) is 42.8 Å². The summed E-state index contributed by atoms with van der Waals surface area (Å²) in [5.74, 6) is 0.